The zero-order valence-corrected chi connectivity index (χ0v) is 29.1. The molecule has 11 nitrogen and oxygen atoms in total. The molecule has 0 spiro atoms. The van der Waals surface area contributed by atoms with Crippen LogP contribution in [-0.4, -0.2) is 76.5 Å². The summed E-state index contributed by atoms with van der Waals surface area (Å²) < 4.78 is 14.3. The molecule has 47 heavy (non-hydrogen) atoms. The van der Waals surface area contributed by atoms with Crippen molar-refractivity contribution in [1.29, 1.82) is 0 Å². The summed E-state index contributed by atoms with van der Waals surface area (Å²) in [7, 11) is -3.62. The highest BCUT2D eigenvalue weighted by atomic mass is 31.2. The van der Waals surface area contributed by atoms with E-state index in [0.29, 0.717) is 44.3 Å². The minimum Gasteiger partial charge on any atom is -0.343 e. The lowest BCUT2D eigenvalue weighted by atomic mass is 10.0. The van der Waals surface area contributed by atoms with Crippen molar-refractivity contribution in [2.24, 2.45) is 5.92 Å². The number of aryl methyl sites for hydroxylation is 1. The Bertz CT molecular complexity index is 1420. The zero-order chi connectivity index (χ0) is 34.6. The van der Waals surface area contributed by atoms with Crippen molar-refractivity contribution in [1.82, 2.24) is 20.2 Å². The van der Waals surface area contributed by atoms with Gasteiger partial charge in [-0.25, -0.2) is 0 Å². The molecule has 4 atom stereocenters. The molecule has 1 fully saturated rings. The predicted octanol–water partition coefficient (Wildman–Crippen LogP) is 4.78. The SMILES string of the molecule is CCP(=O)(CN(C(=O)CCCc1ccccc1)[C@@H](CC(C)C)C(=O)Nc1ccccc1)NC(=O)[C@H](C)NC(=O)[C@@H]1CCCN1C(C)=O. The van der Waals surface area contributed by atoms with Crippen LogP contribution in [-0.2, 0) is 35.0 Å². The lowest BCUT2D eigenvalue weighted by Crippen LogP contribution is -2.52. The van der Waals surface area contributed by atoms with E-state index in [1.165, 1.54) is 23.6 Å². The van der Waals surface area contributed by atoms with Gasteiger partial charge in [0.1, 0.15) is 18.1 Å². The Hall–Kier alpha value is -3.98. The lowest BCUT2D eigenvalue weighted by molar-refractivity contribution is -0.138. The van der Waals surface area contributed by atoms with Gasteiger partial charge in [-0.1, -0.05) is 69.3 Å². The molecule has 1 aliphatic rings. The van der Waals surface area contributed by atoms with Crippen LogP contribution >= 0.6 is 7.29 Å². The molecular formula is C35H50N5O6P. The van der Waals surface area contributed by atoms with Gasteiger partial charge in [0.2, 0.25) is 29.5 Å². The molecular weight excluding hydrogens is 617 g/mol. The average Bonchev–Trinajstić information content (AvgIpc) is 3.54. The normalized spacial score (nSPS) is 16.9. The average molecular weight is 668 g/mol. The summed E-state index contributed by atoms with van der Waals surface area (Å²) in [6, 6.07) is 16.1. The van der Waals surface area contributed by atoms with E-state index in [1.807, 2.05) is 50.2 Å². The number of likely N-dealkylation sites (tertiary alicyclic amines) is 1. The van der Waals surface area contributed by atoms with Crippen molar-refractivity contribution in [3.05, 3.63) is 66.2 Å². The van der Waals surface area contributed by atoms with E-state index in [0.717, 1.165) is 5.56 Å². The summed E-state index contributed by atoms with van der Waals surface area (Å²) in [6.07, 6.45) is 2.51. The standard InChI is InChI=1S/C35H50N5O6P/c1-6-47(46,38-33(43)26(4)36-34(44)30-20-14-22-39(30)27(5)41)24-40(32(42)21-13-17-28-15-9-7-10-16-28)31(23-25(2)3)35(45)37-29-18-11-8-12-19-29/h7-12,15-16,18-19,25-26,30-31H,6,13-14,17,20-24H2,1-5H3,(H,36,44)(H,37,45)(H,38,43,46)/t26-,30-,31-,47?/m0/s1. The van der Waals surface area contributed by atoms with Crippen LogP contribution in [0, 0.1) is 5.92 Å². The predicted molar refractivity (Wildman–Crippen MR) is 184 cm³/mol. The van der Waals surface area contributed by atoms with Crippen LogP contribution in [0.5, 0.6) is 0 Å². The Labute approximate surface area is 278 Å². The number of hydrogen-bond donors (Lipinski definition) is 3. The third-order valence-electron chi connectivity index (χ3n) is 8.35. The smallest absolute Gasteiger partial charge is 0.247 e. The summed E-state index contributed by atoms with van der Waals surface area (Å²) in [6.45, 7) is 8.92. The molecule has 0 radical (unpaired) electrons. The van der Waals surface area contributed by atoms with Crippen molar-refractivity contribution in [3.63, 3.8) is 0 Å². The van der Waals surface area contributed by atoms with Crippen LogP contribution in [0.3, 0.4) is 0 Å². The van der Waals surface area contributed by atoms with Crippen molar-refractivity contribution < 1.29 is 28.5 Å². The van der Waals surface area contributed by atoms with Gasteiger partial charge in [-0.3, -0.25) is 28.5 Å². The van der Waals surface area contributed by atoms with E-state index in [1.54, 1.807) is 31.2 Å². The monoisotopic (exact) mass is 667 g/mol. The van der Waals surface area contributed by atoms with Crippen LogP contribution < -0.4 is 15.7 Å². The molecule has 1 aliphatic heterocycles. The molecule has 3 rings (SSSR count). The number of benzene rings is 2. The second-order valence-corrected chi connectivity index (χ2v) is 15.5. The number of carbonyl (C=O) groups excluding carboxylic acids is 5. The Morgan fingerprint density at radius 3 is 2.19 bits per heavy atom. The minimum absolute atomic E-state index is 0.0251. The van der Waals surface area contributed by atoms with E-state index in [-0.39, 0.29) is 36.6 Å². The van der Waals surface area contributed by atoms with Crippen molar-refractivity contribution >= 4 is 42.5 Å². The highest BCUT2D eigenvalue weighted by Gasteiger charge is 2.38. The Morgan fingerprint density at radius 2 is 1.60 bits per heavy atom. The van der Waals surface area contributed by atoms with Crippen molar-refractivity contribution in [2.45, 2.75) is 91.3 Å². The second kappa shape index (κ2) is 17.8. The van der Waals surface area contributed by atoms with E-state index < -0.39 is 43.1 Å². The minimum atomic E-state index is -3.62. The van der Waals surface area contributed by atoms with Gasteiger partial charge in [0.25, 0.3) is 0 Å². The van der Waals surface area contributed by atoms with Crippen LogP contribution in [0.15, 0.2) is 60.7 Å². The molecule has 1 heterocycles. The second-order valence-electron chi connectivity index (χ2n) is 12.6. The lowest BCUT2D eigenvalue weighted by Gasteiger charge is -2.35. The maximum Gasteiger partial charge on any atom is 0.247 e. The number of para-hydroxylation sites is 1. The summed E-state index contributed by atoms with van der Waals surface area (Å²) in [4.78, 5) is 68.8. The third-order valence-corrected chi connectivity index (χ3v) is 10.8. The summed E-state index contributed by atoms with van der Waals surface area (Å²) >= 11 is 0. The van der Waals surface area contributed by atoms with Gasteiger partial charge in [0, 0.05) is 31.7 Å². The fourth-order valence-electron chi connectivity index (χ4n) is 5.70. The van der Waals surface area contributed by atoms with Gasteiger partial charge in [-0.05, 0) is 62.6 Å². The van der Waals surface area contributed by atoms with E-state index in [2.05, 4.69) is 15.7 Å². The molecule has 2 aromatic rings. The molecule has 1 unspecified atom stereocenters. The first-order valence-corrected chi connectivity index (χ1v) is 18.6. The quantitative estimate of drug-likeness (QED) is 0.220. The first-order chi connectivity index (χ1) is 22.3. The first kappa shape index (κ1) is 37.5. The molecule has 0 saturated carbocycles. The summed E-state index contributed by atoms with van der Waals surface area (Å²) in [5.41, 5.74) is 1.66. The Balaban J connectivity index is 1.81. The van der Waals surface area contributed by atoms with Gasteiger partial charge < -0.3 is 25.5 Å². The van der Waals surface area contributed by atoms with Gasteiger partial charge in [-0.2, -0.15) is 0 Å². The third kappa shape index (κ3) is 11.3. The van der Waals surface area contributed by atoms with Gasteiger partial charge in [0.15, 0.2) is 7.29 Å². The molecule has 0 aromatic heterocycles. The number of nitrogens with zero attached hydrogens (tertiary/aromatic N) is 2. The molecule has 2 aromatic carbocycles. The van der Waals surface area contributed by atoms with Crippen LogP contribution in [0.25, 0.3) is 0 Å². The maximum atomic E-state index is 14.3. The molecule has 5 amide bonds. The van der Waals surface area contributed by atoms with Crippen molar-refractivity contribution in [2.75, 3.05) is 24.3 Å². The Morgan fingerprint density at radius 1 is 0.957 bits per heavy atom. The number of rotatable bonds is 16. The highest BCUT2D eigenvalue weighted by Crippen LogP contribution is 2.42. The fourth-order valence-corrected chi connectivity index (χ4v) is 7.57. The number of amides is 5. The maximum absolute atomic E-state index is 14.3. The van der Waals surface area contributed by atoms with E-state index in [4.69, 9.17) is 0 Å². The molecule has 0 bridgehead atoms. The number of carbonyl (C=O) groups is 5. The van der Waals surface area contributed by atoms with Crippen molar-refractivity contribution in [3.8, 4) is 0 Å². The molecule has 256 valence electrons. The van der Waals surface area contributed by atoms with E-state index in [9.17, 15) is 28.5 Å². The van der Waals surface area contributed by atoms with E-state index >= 15 is 0 Å². The fraction of sp³-hybridized carbons (Fsp3) is 0.514. The van der Waals surface area contributed by atoms with Crippen LogP contribution in [0.4, 0.5) is 5.69 Å². The summed E-state index contributed by atoms with van der Waals surface area (Å²) in [5, 5.41) is 8.19. The number of anilines is 1. The number of nitrogens with one attached hydrogen (secondary N) is 3. The van der Waals surface area contributed by atoms with Gasteiger partial charge in [-0.15, -0.1) is 0 Å². The molecule has 12 heteroatoms. The van der Waals surface area contributed by atoms with Crippen LogP contribution in [0.2, 0.25) is 0 Å². The molecule has 1 saturated heterocycles. The Kier molecular flexibility index (Phi) is 14.2. The number of hydrogen-bond acceptors (Lipinski definition) is 6. The first-order valence-electron chi connectivity index (χ1n) is 16.5. The molecule has 3 N–H and O–H groups in total. The van der Waals surface area contributed by atoms with Crippen LogP contribution in [0.1, 0.15) is 72.3 Å². The van der Waals surface area contributed by atoms with Gasteiger partial charge >= 0.3 is 0 Å². The largest absolute Gasteiger partial charge is 0.343 e. The molecule has 0 aliphatic carbocycles. The van der Waals surface area contributed by atoms with Gasteiger partial charge in [0.05, 0.1) is 6.29 Å². The zero-order valence-electron chi connectivity index (χ0n) is 28.2. The topological polar surface area (TPSA) is 145 Å². The highest BCUT2D eigenvalue weighted by molar-refractivity contribution is 7.62. The summed E-state index contributed by atoms with van der Waals surface area (Å²) in [5.74, 6) is -2.03.